The third-order valence-corrected chi connectivity index (χ3v) is 3.60. The molecule has 0 aliphatic rings. The molecule has 2 N–H and O–H groups in total. The molecule has 0 aliphatic carbocycles. The Morgan fingerprint density at radius 2 is 1.70 bits per heavy atom. The molecule has 0 fully saturated rings. The first kappa shape index (κ1) is 17.2. The van der Waals surface area contributed by atoms with Crippen molar-refractivity contribution in [3.8, 4) is 5.75 Å². The summed E-state index contributed by atoms with van der Waals surface area (Å²) in [5.74, 6) is -0.177. The molecule has 4 nitrogen and oxygen atoms in total. The normalized spacial score (nSPS) is 12.7. The van der Waals surface area contributed by atoms with Crippen LogP contribution in [0.1, 0.15) is 35.7 Å². The summed E-state index contributed by atoms with van der Waals surface area (Å²) in [6, 6.07) is 16.0. The van der Waals surface area contributed by atoms with Crippen molar-refractivity contribution in [2.24, 2.45) is 0 Å². The Balaban J connectivity index is 2.31. The summed E-state index contributed by atoms with van der Waals surface area (Å²) in [5, 5.41) is 19.3. The topological polar surface area (TPSA) is 66.8 Å². The van der Waals surface area contributed by atoms with Crippen LogP contribution in [0.15, 0.2) is 54.6 Å². The Bertz CT molecular complexity index is 627. The van der Waals surface area contributed by atoms with Gasteiger partial charge < -0.3 is 14.9 Å². The number of rotatable bonds is 7. The number of aliphatic hydroxyl groups excluding tert-OH is 1. The van der Waals surface area contributed by atoms with Gasteiger partial charge in [0.1, 0.15) is 12.4 Å². The molecule has 0 amide bonds. The van der Waals surface area contributed by atoms with E-state index >= 15 is 0 Å². The van der Waals surface area contributed by atoms with Crippen LogP contribution in [-0.2, 0) is 0 Å². The summed E-state index contributed by atoms with van der Waals surface area (Å²) in [7, 11) is 0. The molecule has 0 saturated carbocycles. The minimum atomic E-state index is -1.19. The molecule has 2 aromatic carbocycles. The molecule has 1 atom stereocenters. The number of aliphatic hydroxyl groups is 2. The lowest BCUT2D eigenvalue weighted by molar-refractivity contribution is 0.0433. The van der Waals surface area contributed by atoms with Gasteiger partial charge in [0.25, 0.3) is 0 Å². The van der Waals surface area contributed by atoms with Gasteiger partial charge >= 0.3 is 0 Å². The highest BCUT2D eigenvalue weighted by Gasteiger charge is 2.35. The summed E-state index contributed by atoms with van der Waals surface area (Å²) in [4.78, 5) is 12.8. The average Bonchev–Trinajstić information content (AvgIpc) is 2.54. The van der Waals surface area contributed by atoms with E-state index in [9.17, 15) is 9.90 Å². The number of ether oxygens (including phenoxy) is 1. The molecule has 1 unspecified atom stereocenters. The van der Waals surface area contributed by atoms with Gasteiger partial charge in [0.05, 0.1) is 18.1 Å². The number of carbonyl (C=O) groups excluding carboxylic acids is 1. The van der Waals surface area contributed by atoms with Gasteiger partial charge in [-0.3, -0.25) is 4.79 Å². The van der Waals surface area contributed by atoms with Crippen molar-refractivity contribution in [2.75, 3.05) is 13.2 Å². The number of hydrogen-bond donors (Lipinski definition) is 2. The van der Waals surface area contributed by atoms with E-state index in [1.165, 1.54) is 0 Å². The summed E-state index contributed by atoms with van der Waals surface area (Å²) in [6.45, 7) is 3.43. The minimum absolute atomic E-state index is 0.0550. The standard InChI is InChI=1S/C19H22O4/c1-19(2,22)17(18(21)15-6-4-3-5-7-15)14-8-10-16(11-9-14)23-13-12-20/h3-11,17,20,22H,12-13H2,1-2H3. The quantitative estimate of drug-likeness (QED) is 0.771. The molecule has 122 valence electrons. The third-order valence-electron chi connectivity index (χ3n) is 3.60. The molecular weight excluding hydrogens is 292 g/mol. The second kappa shape index (κ2) is 7.40. The van der Waals surface area contributed by atoms with E-state index in [1.54, 1.807) is 62.4 Å². The van der Waals surface area contributed by atoms with Crippen LogP contribution in [0.25, 0.3) is 0 Å². The number of ketones is 1. The lowest BCUT2D eigenvalue weighted by atomic mass is 9.79. The van der Waals surface area contributed by atoms with Crippen LogP contribution in [0, 0.1) is 0 Å². The van der Waals surface area contributed by atoms with Crippen molar-refractivity contribution in [1.82, 2.24) is 0 Å². The zero-order chi connectivity index (χ0) is 16.9. The van der Waals surface area contributed by atoms with Crippen LogP contribution in [0.5, 0.6) is 5.75 Å². The second-order valence-corrected chi connectivity index (χ2v) is 5.96. The predicted molar refractivity (Wildman–Crippen MR) is 88.8 cm³/mol. The van der Waals surface area contributed by atoms with Crippen LogP contribution in [0.2, 0.25) is 0 Å². The summed E-state index contributed by atoms with van der Waals surface area (Å²) in [6.07, 6.45) is 0. The molecule has 0 saturated heterocycles. The van der Waals surface area contributed by atoms with E-state index in [4.69, 9.17) is 9.84 Å². The van der Waals surface area contributed by atoms with Gasteiger partial charge in [0, 0.05) is 5.56 Å². The van der Waals surface area contributed by atoms with Gasteiger partial charge in [-0.25, -0.2) is 0 Å². The Morgan fingerprint density at radius 1 is 1.09 bits per heavy atom. The van der Waals surface area contributed by atoms with Gasteiger partial charge in [0.15, 0.2) is 5.78 Å². The fraction of sp³-hybridized carbons (Fsp3) is 0.316. The maximum Gasteiger partial charge on any atom is 0.173 e. The second-order valence-electron chi connectivity index (χ2n) is 5.96. The average molecular weight is 314 g/mol. The van der Waals surface area contributed by atoms with E-state index in [2.05, 4.69) is 0 Å². The first-order valence-corrected chi connectivity index (χ1v) is 7.58. The van der Waals surface area contributed by atoms with E-state index in [0.717, 1.165) is 5.56 Å². The Labute approximate surface area is 136 Å². The zero-order valence-electron chi connectivity index (χ0n) is 13.4. The lowest BCUT2D eigenvalue weighted by Crippen LogP contribution is -2.34. The fourth-order valence-electron chi connectivity index (χ4n) is 2.57. The molecule has 2 rings (SSSR count). The first-order chi connectivity index (χ1) is 10.9. The summed E-state index contributed by atoms with van der Waals surface area (Å²) >= 11 is 0. The molecule has 0 bridgehead atoms. The van der Waals surface area contributed by atoms with Crippen LogP contribution < -0.4 is 4.74 Å². The van der Waals surface area contributed by atoms with Crippen LogP contribution in [0.3, 0.4) is 0 Å². The lowest BCUT2D eigenvalue weighted by Gasteiger charge is -2.28. The molecule has 0 radical (unpaired) electrons. The van der Waals surface area contributed by atoms with Gasteiger partial charge in [-0.2, -0.15) is 0 Å². The Kier molecular flexibility index (Phi) is 5.53. The minimum Gasteiger partial charge on any atom is -0.491 e. The van der Waals surface area contributed by atoms with Crippen molar-refractivity contribution >= 4 is 5.78 Å². The molecule has 0 spiro atoms. The van der Waals surface area contributed by atoms with Gasteiger partial charge in [-0.15, -0.1) is 0 Å². The molecule has 0 heterocycles. The maximum atomic E-state index is 12.8. The van der Waals surface area contributed by atoms with Crippen LogP contribution in [0.4, 0.5) is 0 Å². The maximum absolute atomic E-state index is 12.8. The first-order valence-electron chi connectivity index (χ1n) is 7.58. The zero-order valence-corrected chi connectivity index (χ0v) is 13.4. The van der Waals surface area contributed by atoms with Crippen molar-refractivity contribution in [1.29, 1.82) is 0 Å². The van der Waals surface area contributed by atoms with Crippen molar-refractivity contribution in [3.63, 3.8) is 0 Å². The number of hydrogen-bond acceptors (Lipinski definition) is 4. The van der Waals surface area contributed by atoms with E-state index in [0.29, 0.717) is 11.3 Å². The summed E-state index contributed by atoms with van der Waals surface area (Å²) < 4.78 is 5.32. The van der Waals surface area contributed by atoms with E-state index in [1.807, 2.05) is 6.07 Å². The van der Waals surface area contributed by atoms with E-state index in [-0.39, 0.29) is 19.0 Å². The molecule has 0 aromatic heterocycles. The highest BCUT2D eigenvalue weighted by molar-refractivity contribution is 6.01. The highest BCUT2D eigenvalue weighted by Crippen LogP contribution is 2.32. The predicted octanol–water partition coefficient (Wildman–Crippen LogP) is 2.80. The molecule has 23 heavy (non-hydrogen) atoms. The van der Waals surface area contributed by atoms with Crippen LogP contribution in [-0.4, -0.2) is 34.8 Å². The number of benzene rings is 2. The molecule has 0 aliphatic heterocycles. The van der Waals surface area contributed by atoms with Crippen molar-refractivity contribution < 1.29 is 19.7 Å². The Morgan fingerprint density at radius 3 is 2.22 bits per heavy atom. The highest BCUT2D eigenvalue weighted by atomic mass is 16.5. The Hall–Kier alpha value is -2.17. The summed E-state index contributed by atoms with van der Waals surface area (Å²) in [5.41, 5.74) is 0.100. The van der Waals surface area contributed by atoms with Crippen molar-refractivity contribution in [3.05, 3.63) is 65.7 Å². The molecular formula is C19H22O4. The molecule has 2 aromatic rings. The van der Waals surface area contributed by atoms with Gasteiger partial charge in [-0.1, -0.05) is 42.5 Å². The van der Waals surface area contributed by atoms with Gasteiger partial charge in [0.2, 0.25) is 0 Å². The monoisotopic (exact) mass is 314 g/mol. The van der Waals surface area contributed by atoms with Gasteiger partial charge in [-0.05, 0) is 31.5 Å². The largest absolute Gasteiger partial charge is 0.491 e. The third kappa shape index (κ3) is 4.41. The fourth-order valence-corrected chi connectivity index (χ4v) is 2.57. The number of Topliss-reactive ketones (excluding diaryl/α,β-unsaturated/α-hetero) is 1. The van der Waals surface area contributed by atoms with Crippen LogP contribution >= 0.6 is 0 Å². The molecule has 4 heteroatoms. The number of carbonyl (C=O) groups is 1. The van der Waals surface area contributed by atoms with E-state index < -0.39 is 11.5 Å². The smallest absolute Gasteiger partial charge is 0.173 e. The SMILES string of the molecule is CC(C)(O)C(C(=O)c1ccccc1)c1ccc(OCCO)cc1. The van der Waals surface area contributed by atoms with Crippen molar-refractivity contribution in [2.45, 2.75) is 25.4 Å².